The van der Waals surface area contributed by atoms with Crippen molar-refractivity contribution in [2.45, 2.75) is 88.7 Å². The number of aliphatic hydroxyl groups excluding tert-OH is 6. The van der Waals surface area contributed by atoms with Crippen LogP contribution in [0.25, 0.3) is 0 Å². The summed E-state index contributed by atoms with van der Waals surface area (Å²) in [6.45, 7) is 5.96. The number of hydrogen-bond donors (Lipinski definition) is 7. The maximum Gasteiger partial charge on any atom is 0.187 e. The average Bonchev–Trinajstić information content (AvgIpc) is 2.56. The molecule has 1 aliphatic carbocycles. The highest BCUT2D eigenvalue weighted by molar-refractivity contribution is 5.29. The summed E-state index contributed by atoms with van der Waals surface area (Å²) in [4.78, 5) is 0. The average molecular weight is 404 g/mol. The largest absolute Gasteiger partial charge is 0.394 e. The third-order valence-electron chi connectivity index (χ3n) is 5.40. The van der Waals surface area contributed by atoms with Gasteiger partial charge < -0.3 is 45.2 Å². The van der Waals surface area contributed by atoms with Crippen molar-refractivity contribution in [2.24, 2.45) is 5.41 Å². The first-order valence-corrected chi connectivity index (χ1v) is 9.35. The van der Waals surface area contributed by atoms with Gasteiger partial charge in [0.05, 0.1) is 18.8 Å². The van der Waals surface area contributed by atoms with Gasteiger partial charge in [0.15, 0.2) is 6.29 Å². The Balaban J connectivity index is 2.35. The van der Waals surface area contributed by atoms with Gasteiger partial charge in [-0.05, 0) is 31.8 Å². The predicted octanol–water partition coefficient (Wildman–Crippen LogP) is -1.82. The molecule has 9 heteroatoms. The summed E-state index contributed by atoms with van der Waals surface area (Å²) in [5.41, 5.74) is 0.886. The summed E-state index contributed by atoms with van der Waals surface area (Å²) >= 11 is 0. The Bertz CT molecular complexity index is 607. The third-order valence-corrected chi connectivity index (χ3v) is 5.40. The Morgan fingerprint density at radius 1 is 1.18 bits per heavy atom. The first-order valence-electron chi connectivity index (χ1n) is 9.35. The zero-order chi connectivity index (χ0) is 21.4. The fraction of sp³-hybridized carbons (Fsp3) is 0.842. The van der Waals surface area contributed by atoms with Crippen molar-refractivity contribution in [1.29, 1.82) is 0 Å². The third kappa shape index (κ3) is 4.49. The molecule has 2 rings (SSSR count). The highest BCUT2D eigenvalue weighted by atomic mass is 16.7. The van der Waals surface area contributed by atoms with E-state index in [1.54, 1.807) is 0 Å². The molecule has 7 N–H and O–H groups in total. The molecule has 1 saturated heterocycles. The lowest BCUT2D eigenvalue weighted by atomic mass is 9.64. The lowest BCUT2D eigenvalue weighted by Crippen LogP contribution is -2.64. The van der Waals surface area contributed by atoms with E-state index in [1.807, 2.05) is 13.8 Å². The van der Waals surface area contributed by atoms with E-state index in [0.29, 0.717) is 5.57 Å². The van der Waals surface area contributed by atoms with Crippen LogP contribution in [-0.4, -0.2) is 97.0 Å². The summed E-state index contributed by atoms with van der Waals surface area (Å²) < 4.78 is 11.0. The van der Waals surface area contributed by atoms with Gasteiger partial charge in [0, 0.05) is 5.57 Å². The molecule has 0 amide bonds. The van der Waals surface area contributed by atoms with E-state index in [4.69, 9.17) is 9.47 Å². The molecule has 0 radical (unpaired) electrons. The van der Waals surface area contributed by atoms with Crippen LogP contribution in [-0.2, 0) is 9.47 Å². The van der Waals surface area contributed by atoms with Gasteiger partial charge in [-0.25, -0.2) is 0 Å². The van der Waals surface area contributed by atoms with E-state index in [-0.39, 0.29) is 6.42 Å². The van der Waals surface area contributed by atoms with E-state index in [2.05, 4.69) is 5.73 Å². The topological polar surface area (TPSA) is 160 Å². The molecule has 1 saturated carbocycles. The van der Waals surface area contributed by atoms with Crippen LogP contribution in [0.1, 0.15) is 34.1 Å². The molecule has 0 spiro atoms. The molecule has 162 valence electrons. The van der Waals surface area contributed by atoms with E-state index >= 15 is 0 Å². The fourth-order valence-corrected chi connectivity index (χ4v) is 4.03. The Morgan fingerprint density at radius 3 is 2.32 bits per heavy atom. The highest BCUT2D eigenvalue weighted by Crippen LogP contribution is 2.47. The molecular formula is C19H32O9. The van der Waals surface area contributed by atoms with Crippen LogP contribution in [0.4, 0.5) is 0 Å². The first-order chi connectivity index (χ1) is 12.8. The second-order valence-corrected chi connectivity index (χ2v) is 8.48. The van der Waals surface area contributed by atoms with Gasteiger partial charge in [-0.3, -0.25) is 0 Å². The predicted molar refractivity (Wildman–Crippen MR) is 96.9 cm³/mol. The molecule has 9 nitrogen and oxygen atoms in total. The van der Waals surface area contributed by atoms with Crippen LogP contribution < -0.4 is 0 Å². The van der Waals surface area contributed by atoms with E-state index < -0.39 is 66.6 Å². The van der Waals surface area contributed by atoms with Gasteiger partial charge in [0.1, 0.15) is 36.1 Å². The second kappa shape index (κ2) is 8.49. The lowest BCUT2D eigenvalue weighted by Gasteiger charge is -2.50. The molecule has 9 unspecified atom stereocenters. The number of ether oxygens (including phenoxy) is 2. The van der Waals surface area contributed by atoms with Crippen molar-refractivity contribution in [3.8, 4) is 0 Å². The van der Waals surface area contributed by atoms with Gasteiger partial charge in [-0.2, -0.15) is 0 Å². The Kier molecular flexibility index (Phi) is 7.11. The van der Waals surface area contributed by atoms with Crippen LogP contribution in [0.3, 0.4) is 0 Å². The molecule has 9 atom stereocenters. The number of hydrogen-bond acceptors (Lipinski definition) is 9. The van der Waals surface area contributed by atoms with Gasteiger partial charge in [0.2, 0.25) is 0 Å². The van der Waals surface area contributed by atoms with Crippen LogP contribution >= 0.6 is 0 Å². The smallest absolute Gasteiger partial charge is 0.187 e. The minimum atomic E-state index is -1.74. The lowest BCUT2D eigenvalue weighted by molar-refractivity contribution is -0.332. The molecule has 2 aliphatic rings. The standard InChI is InChI=1S/C19H32O9/c1-9(21)5-6-12-18(2,3)7-10(22)16(19(12,4)26)28-17-15(25)14(24)13(23)11(8-20)27-17/h5,9-11,13-17,20-26H,7-8H2,1-4H3. The fourth-order valence-electron chi connectivity index (χ4n) is 4.03. The summed E-state index contributed by atoms with van der Waals surface area (Å²) in [5.74, 6) is 0. The molecule has 0 bridgehead atoms. The van der Waals surface area contributed by atoms with Crippen LogP contribution in [0, 0.1) is 5.41 Å². The van der Waals surface area contributed by atoms with Gasteiger partial charge >= 0.3 is 0 Å². The zero-order valence-corrected chi connectivity index (χ0v) is 16.6. The van der Waals surface area contributed by atoms with Crippen LogP contribution in [0.2, 0.25) is 0 Å². The molecule has 2 fully saturated rings. The van der Waals surface area contributed by atoms with Gasteiger partial charge in [-0.15, -0.1) is 5.73 Å². The Morgan fingerprint density at radius 2 is 1.79 bits per heavy atom. The summed E-state index contributed by atoms with van der Waals surface area (Å²) in [6, 6.07) is 0. The van der Waals surface area contributed by atoms with Gasteiger partial charge in [-0.1, -0.05) is 13.8 Å². The molecule has 0 aromatic rings. The maximum atomic E-state index is 11.2. The molecule has 0 aromatic carbocycles. The van der Waals surface area contributed by atoms with E-state index in [0.717, 1.165) is 0 Å². The Labute approximate surface area is 164 Å². The highest BCUT2D eigenvalue weighted by Gasteiger charge is 2.55. The van der Waals surface area contributed by atoms with Crippen molar-refractivity contribution < 1.29 is 45.2 Å². The monoisotopic (exact) mass is 404 g/mol. The normalized spacial score (nSPS) is 44.7. The first kappa shape index (κ1) is 23.4. The molecule has 1 aliphatic heterocycles. The van der Waals surface area contributed by atoms with Crippen molar-refractivity contribution in [2.75, 3.05) is 6.61 Å². The Hall–Kier alpha value is -0.840. The van der Waals surface area contributed by atoms with E-state index in [1.165, 1.54) is 19.9 Å². The van der Waals surface area contributed by atoms with Gasteiger partial charge in [0.25, 0.3) is 0 Å². The van der Waals surface area contributed by atoms with Crippen molar-refractivity contribution in [3.05, 3.63) is 17.4 Å². The van der Waals surface area contributed by atoms with E-state index in [9.17, 15) is 35.7 Å². The summed E-state index contributed by atoms with van der Waals surface area (Å²) in [7, 11) is 0. The zero-order valence-electron chi connectivity index (χ0n) is 16.6. The quantitative estimate of drug-likeness (QED) is 0.268. The maximum absolute atomic E-state index is 11.2. The van der Waals surface area contributed by atoms with Crippen molar-refractivity contribution >= 4 is 0 Å². The minimum absolute atomic E-state index is 0.196. The minimum Gasteiger partial charge on any atom is -0.394 e. The van der Waals surface area contributed by atoms with Crippen LogP contribution in [0.5, 0.6) is 0 Å². The summed E-state index contributed by atoms with van der Waals surface area (Å²) in [6.07, 6.45) is -9.12. The number of aliphatic hydroxyl groups is 7. The van der Waals surface area contributed by atoms with Crippen LogP contribution in [0.15, 0.2) is 17.4 Å². The molecule has 28 heavy (non-hydrogen) atoms. The second-order valence-electron chi connectivity index (χ2n) is 8.48. The van der Waals surface area contributed by atoms with Crippen molar-refractivity contribution in [3.63, 3.8) is 0 Å². The molecular weight excluding hydrogens is 372 g/mol. The SMILES string of the molecule is CC(O)C=C=C1C(C)(C)CC(O)C(OC2OC(CO)C(O)C(O)C2O)C1(C)O. The summed E-state index contributed by atoms with van der Waals surface area (Å²) in [5, 5.41) is 70.6. The molecule has 1 heterocycles. The number of rotatable bonds is 4. The molecule has 0 aromatic heterocycles. The van der Waals surface area contributed by atoms with Crippen molar-refractivity contribution in [1.82, 2.24) is 0 Å².